The number of aliphatic hydroxyl groups is 4. The first-order valence-corrected chi connectivity index (χ1v) is 8.21. The Morgan fingerprint density at radius 1 is 0.857 bits per heavy atom. The van der Waals surface area contributed by atoms with Crippen LogP contribution < -0.4 is 0 Å². The molecule has 0 bridgehead atoms. The lowest BCUT2D eigenvalue weighted by Gasteiger charge is -2.15. The first-order valence-electron chi connectivity index (χ1n) is 8.21. The molecule has 5 heteroatoms. The summed E-state index contributed by atoms with van der Waals surface area (Å²) in [6.45, 7) is 7.06. The maximum atomic E-state index is 9.04. The maximum Gasteiger partial charge on any atom is 0.100 e. The highest BCUT2D eigenvalue weighted by Gasteiger charge is 2.07. The molecule has 0 aromatic rings. The third kappa shape index (κ3) is 17.7. The zero-order valence-corrected chi connectivity index (χ0v) is 14.0. The summed E-state index contributed by atoms with van der Waals surface area (Å²) in [6.07, 6.45) is 5.00. The van der Waals surface area contributed by atoms with Gasteiger partial charge in [-0.3, -0.25) is 0 Å². The van der Waals surface area contributed by atoms with E-state index in [2.05, 4.69) is 13.8 Å². The van der Waals surface area contributed by atoms with Crippen molar-refractivity contribution in [1.29, 1.82) is 0 Å². The van der Waals surface area contributed by atoms with Crippen LogP contribution in [0, 0.1) is 5.92 Å². The van der Waals surface area contributed by atoms with E-state index < -0.39 is 6.10 Å². The molecule has 4 N–H and O–H groups in total. The van der Waals surface area contributed by atoms with Crippen molar-refractivity contribution < 1.29 is 25.2 Å². The summed E-state index contributed by atoms with van der Waals surface area (Å²) in [6, 6.07) is 0. The smallest absolute Gasteiger partial charge is 0.100 e. The van der Waals surface area contributed by atoms with Gasteiger partial charge >= 0.3 is 0 Å². The molecule has 3 atom stereocenters. The number of unbranched alkanes of at least 4 members (excludes halogenated alkanes) is 1. The molecule has 0 rings (SSSR count). The van der Waals surface area contributed by atoms with Gasteiger partial charge in [0.25, 0.3) is 0 Å². The fraction of sp³-hybridized carbons (Fsp3) is 1.00. The second kappa shape index (κ2) is 17.9. The monoisotopic (exact) mass is 308 g/mol. The third-order valence-electron chi connectivity index (χ3n) is 3.35. The van der Waals surface area contributed by atoms with E-state index >= 15 is 0 Å². The lowest BCUT2D eigenvalue weighted by molar-refractivity contribution is -0.00599. The number of rotatable bonds is 12. The van der Waals surface area contributed by atoms with E-state index in [1.165, 1.54) is 19.3 Å². The Morgan fingerprint density at radius 3 is 1.90 bits per heavy atom. The molecule has 0 fully saturated rings. The van der Waals surface area contributed by atoms with Crippen molar-refractivity contribution in [1.82, 2.24) is 0 Å². The van der Waals surface area contributed by atoms with Crippen molar-refractivity contribution in [3.05, 3.63) is 0 Å². The molecule has 0 radical (unpaired) electrons. The molecule has 0 aliphatic rings. The van der Waals surface area contributed by atoms with Gasteiger partial charge in [0.15, 0.2) is 0 Å². The Balaban J connectivity index is 0. The Kier molecular flexibility index (Phi) is 19.6. The topological polar surface area (TPSA) is 90.2 Å². The van der Waals surface area contributed by atoms with Gasteiger partial charge in [-0.05, 0) is 25.2 Å². The van der Waals surface area contributed by atoms with Crippen molar-refractivity contribution in [3.63, 3.8) is 0 Å². The minimum absolute atomic E-state index is 0.0923. The fourth-order valence-corrected chi connectivity index (χ4v) is 1.67. The number of hydrogen-bond donors (Lipinski definition) is 4. The molecule has 0 spiro atoms. The van der Waals surface area contributed by atoms with Gasteiger partial charge in [-0.25, -0.2) is 0 Å². The fourth-order valence-electron chi connectivity index (χ4n) is 1.67. The third-order valence-corrected chi connectivity index (χ3v) is 3.35. The van der Waals surface area contributed by atoms with Crippen LogP contribution in [0.5, 0.6) is 0 Å². The standard InChI is InChI=1S/C11H24O3.C5H12O2/c1-3-5-6-10(4-2)8-14-9-11(13)7-12;1-2-5(7)3-4-6/h10-13H,3-9H2,1-2H3;5-7H,2-4H2,1H3. The molecule has 0 aromatic carbocycles. The molecule has 0 aromatic heterocycles. The highest BCUT2D eigenvalue weighted by Crippen LogP contribution is 2.12. The first-order chi connectivity index (χ1) is 10.0. The van der Waals surface area contributed by atoms with E-state index in [4.69, 9.17) is 25.2 Å². The van der Waals surface area contributed by atoms with Crippen LogP contribution >= 0.6 is 0 Å². The van der Waals surface area contributed by atoms with Crippen molar-refractivity contribution >= 4 is 0 Å². The normalized spacial score (nSPS) is 15.0. The summed E-state index contributed by atoms with van der Waals surface area (Å²) >= 11 is 0. The SMILES string of the molecule is CCC(O)CCO.CCCCC(CC)COCC(O)CO. The van der Waals surface area contributed by atoms with Crippen molar-refractivity contribution in [2.45, 2.75) is 71.5 Å². The summed E-state index contributed by atoms with van der Waals surface area (Å²) in [5, 5.41) is 34.5. The van der Waals surface area contributed by atoms with Gasteiger partial charge in [-0.1, -0.05) is 40.0 Å². The number of ether oxygens (including phenoxy) is 1. The molecule has 21 heavy (non-hydrogen) atoms. The van der Waals surface area contributed by atoms with Gasteiger partial charge < -0.3 is 25.2 Å². The van der Waals surface area contributed by atoms with Gasteiger partial charge in [0.2, 0.25) is 0 Å². The minimum atomic E-state index is -0.723. The zero-order valence-electron chi connectivity index (χ0n) is 14.0. The van der Waals surface area contributed by atoms with Gasteiger partial charge in [-0.2, -0.15) is 0 Å². The van der Waals surface area contributed by atoms with E-state index in [0.717, 1.165) is 12.8 Å². The molecule has 0 amide bonds. The maximum absolute atomic E-state index is 9.04. The molecule has 0 aliphatic heterocycles. The Morgan fingerprint density at radius 2 is 1.52 bits per heavy atom. The average Bonchev–Trinajstić information content (AvgIpc) is 2.51. The Bertz CT molecular complexity index is 190. The Hall–Kier alpha value is -0.200. The molecule has 0 saturated heterocycles. The Labute approximate surface area is 130 Å². The first kappa shape index (κ1) is 23.1. The van der Waals surface area contributed by atoms with Crippen molar-refractivity contribution in [2.75, 3.05) is 26.4 Å². The van der Waals surface area contributed by atoms with Crippen LogP contribution in [-0.2, 0) is 4.74 Å². The summed E-state index contributed by atoms with van der Waals surface area (Å²) in [7, 11) is 0. The highest BCUT2D eigenvalue weighted by molar-refractivity contribution is 4.57. The van der Waals surface area contributed by atoms with Crippen LogP contribution in [0.4, 0.5) is 0 Å². The van der Waals surface area contributed by atoms with E-state index in [1.807, 2.05) is 6.92 Å². The van der Waals surface area contributed by atoms with Crippen LogP contribution in [0.3, 0.4) is 0 Å². The van der Waals surface area contributed by atoms with Crippen molar-refractivity contribution in [3.8, 4) is 0 Å². The minimum Gasteiger partial charge on any atom is -0.396 e. The predicted molar refractivity (Wildman–Crippen MR) is 85.2 cm³/mol. The van der Waals surface area contributed by atoms with Crippen LogP contribution in [0.25, 0.3) is 0 Å². The van der Waals surface area contributed by atoms with E-state index in [-0.39, 0.29) is 25.9 Å². The van der Waals surface area contributed by atoms with Gasteiger partial charge in [0.1, 0.15) is 6.10 Å². The molecular formula is C16H36O5. The lowest BCUT2D eigenvalue weighted by atomic mass is 10.0. The lowest BCUT2D eigenvalue weighted by Crippen LogP contribution is -2.21. The average molecular weight is 308 g/mol. The second-order valence-corrected chi connectivity index (χ2v) is 5.36. The van der Waals surface area contributed by atoms with E-state index in [9.17, 15) is 0 Å². The highest BCUT2D eigenvalue weighted by atomic mass is 16.5. The zero-order chi connectivity index (χ0) is 16.5. The molecule has 130 valence electrons. The van der Waals surface area contributed by atoms with Crippen LogP contribution in [0.15, 0.2) is 0 Å². The summed E-state index contributed by atoms with van der Waals surface area (Å²) in [4.78, 5) is 0. The quantitative estimate of drug-likeness (QED) is 0.441. The van der Waals surface area contributed by atoms with E-state index in [0.29, 0.717) is 18.9 Å². The second-order valence-electron chi connectivity index (χ2n) is 5.36. The van der Waals surface area contributed by atoms with Crippen LogP contribution in [0.2, 0.25) is 0 Å². The number of aliphatic hydroxyl groups excluding tert-OH is 4. The van der Waals surface area contributed by atoms with E-state index in [1.54, 1.807) is 0 Å². The molecule has 5 nitrogen and oxygen atoms in total. The van der Waals surface area contributed by atoms with Crippen LogP contribution in [0.1, 0.15) is 59.3 Å². The van der Waals surface area contributed by atoms with Gasteiger partial charge in [0.05, 0.1) is 19.3 Å². The summed E-state index contributed by atoms with van der Waals surface area (Å²) in [5.74, 6) is 0.598. The number of hydrogen-bond acceptors (Lipinski definition) is 5. The molecular weight excluding hydrogens is 272 g/mol. The molecule has 0 heterocycles. The van der Waals surface area contributed by atoms with Crippen molar-refractivity contribution in [2.24, 2.45) is 5.92 Å². The molecule has 0 saturated carbocycles. The summed E-state index contributed by atoms with van der Waals surface area (Å²) < 4.78 is 5.33. The molecule has 3 unspecified atom stereocenters. The van der Waals surface area contributed by atoms with Gasteiger partial charge in [-0.15, -0.1) is 0 Å². The largest absolute Gasteiger partial charge is 0.396 e. The van der Waals surface area contributed by atoms with Gasteiger partial charge in [0, 0.05) is 13.2 Å². The summed E-state index contributed by atoms with van der Waals surface area (Å²) in [5.41, 5.74) is 0. The predicted octanol–water partition coefficient (Wildman–Crippen LogP) is 1.71. The molecule has 0 aliphatic carbocycles. The van der Waals surface area contributed by atoms with Crippen LogP contribution in [-0.4, -0.2) is 59.1 Å².